The van der Waals surface area contributed by atoms with E-state index in [4.69, 9.17) is 21.4 Å². The van der Waals surface area contributed by atoms with E-state index in [9.17, 15) is 9.18 Å². The number of halogens is 3. The lowest BCUT2D eigenvalue weighted by Crippen LogP contribution is -2.02. The van der Waals surface area contributed by atoms with E-state index in [2.05, 4.69) is 15.9 Å². The molecule has 110 valence electrons. The Labute approximate surface area is 134 Å². The van der Waals surface area contributed by atoms with Crippen LogP contribution in [0.4, 0.5) is 4.39 Å². The molecule has 0 heterocycles. The molecule has 0 aromatic heterocycles. The van der Waals surface area contributed by atoms with E-state index in [0.717, 1.165) is 11.1 Å². The van der Waals surface area contributed by atoms with Gasteiger partial charge in [-0.25, -0.2) is 9.18 Å². The molecule has 0 aliphatic rings. The molecule has 3 nitrogen and oxygen atoms in total. The van der Waals surface area contributed by atoms with Gasteiger partial charge >= 0.3 is 5.97 Å². The van der Waals surface area contributed by atoms with Gasteiger partial charge in [0.25, 0.3) is 0 Å². The third-order valence-electron chi connectivity index (χ3n) is 2.95. The highest BCUT2D eigenvalue weighted by atomic mass is 79.9. The number of carboxylic acid groups (broad SMARTS) is 1. The first-order valence-corrected chi connectivity index (χ1v) is 7.15. The van der Waals surface area contributed by atoms with E-state index in [-0.39, 0.29) is 17.2 Å². The maximum Gasteiger partial charge on any atom is 0.335 e. The number of carbonyl (C=O) groups is 1. The summed E-state index contributed by atoms with van der Waals surface area (Å²) >= 11 is 8.91. The molecule has 0 radical (unpaired) electrons. The third kappa shape index (κ3) is 3.74. The van der Waals surface area contributed by atoms with Crippen molar-refractivity contribution in [3.05, 3.63) is 62.3 Å². The van der Waals surface area contributed by atoms with Gasteiger partial charge in [-0.05, 0) is 52.2 Å². The lowest BCUT2D eigenvalue weighted by molar-refractivity contribution is 0.0696. The minimum Gasteiger partial charge on any atom is -0.488 e. The smallest absolute Gasteiger partial charge is 0.335 e. The van der Waals surface area contributed by atoms with Crippen LogP contribution in [0.15, 0.2) is 34.8 Å². The highest BCUT2D eigenvalue weighted by molar-refractivity contribution is 9.10. The topological polar surface area (TPSA) is 46.5 Å². The van der Waals surface area contributed by atoms with Gasteiger partial charge in [-0.2, -0.15) is 0 Å². The summed E-state index contributed by atoms with van der Waals surface area (Å²) in [7, 11) is 0. The van der Waals surface area contributed by atoms with Crippen LogP contribution in [0, 0.1) is 12.7 Å². The average Bonchev–Trinajstić information content (AvgIpc) is 2.42. The average molecular weight is 374 g/mol. The maximum absolute atomic E-state index is 13.4. The molecular weight excluding hydrogens is 363 g/mol. The Balaban J connectivity index is 2.17. The van der Waals surface area contributed by atoms with Crippen LogP contribution in [-0.2, 0) is 6.61 Å². The Bertz CT molecular complexity index is 704. The van der Waals surface area contributed by atoms with E-state index in [1.54, 1.807) is 19.1 Å². The minimum atomic E-state index is -0.979. The molecule has 0 aliphatic heterocycles. The van der Waals surface area contributed by atoms with Gasteiger partial charge in [0.05, 0.1) is 15.1 Å². The fourth-order valence-corrected chi connectivity index (χ4v) is 2.51. The first-order chi connectivity index (χ1) is 9.88. The molecule has 0 bridgehead atoms. The summed E-state index contributed by atoms with van der Waals surface area (Å²) in [6.07, 6.45) is 0. The molecule has 1 N–H and O–H groups in total. The Morgan fingerprint density at radius 2 is 2.10 bits per heavy atom. The van der Waals surface area contributed by atoms with Crippen LogP contribution in [0.3, 0.4) is 0 Å². The molecule has 2 aromatic rings. The van der Waals surface area contributed by atoms with Crippen LogP contribution in [0.25, 0.3) is 0 Å². The molecular formula is C15H11BrClFO3. The molecule has 21 heavy (non-hydrogen) atoms. The summed E-state index contributed by atoms with van der Waals surface area (Å²) in [5, 5.41) is 8.92. The van der Waals surface area contributed by atoms with Crippen LogP contribution in [0.1, 0.15) is 21.5 Å². The molecule has 0 unspecified atom stereocenters. The van der Waals surface area contributed by atoms with Gasteiger partial charge in [-0.3, -0.25) is 0 Å². The molecule has 0 fully saturated rings. The van der Waals surface area contributed by atoms with Crippen LogP contribution < -0.4 is 4.74 Å². The third-order valence-corrected chi connectivity index (χ3v) is 3.86. The predicted octanol–water partition coefficient (Wildman–Crippen LogP) is 4.83. The zero-order chi connectivity index (χ0) is 15.6. The first-order valence-electron chi connectivity index (χ1n) is 5.98. The van der Waals surface area contributed by atoms with Crippen molar-refractivity contribution in [2.24, 2.45) is 0 Å². The number of rotatable bonds is 4. The second kappa shape index (κ2) is 6.45. The summed E-state index contributed by atoms with van der Waals surface area (Å²) in [5.41, 5.74) is 1.83. The molecule has 0 atom stereocenters. The zero-order valence-corrected chi connectivity index (χ0v) is 13.3. The monoisotopic (exact) mass is 372 g/mol. The number of ether oxygens (including phenoxy) is 1. The summed E-state index contributed by atoms with van der Waals surface area (Å²) in [5.74, 6) is -1.21. The van der Waals surface area contributed by atoms with Crippen molar-refractivity contribution in [1.29, 1.82) is 0 Å². The van der Waals surface area contributed by atoms with Crippen molar-refractivity contribution in [3.63, 3.8) is 0 Å². The van der Waals surface area contributed by atoms with Crippen LogP contribution in [0.2, 0.25) is 5.02 Å². The summed E-state index contributed by atoms with van der Waals surface area (Å²) in [6.45, 7) is 1.99. The Morgan fingerprint density at radius 1 is 1.38 bits per heavy atom. The van der Waals surface area contributed by atoms with Crippen molar-refractivity contribution in [3.8, 4) is 5.75 Å². The van der Waals surface area contributed by atoms with Gasteiger partial charge in [0, 0.05) is 6.07 Å². The van der Waals surface area contributed by atoms with Crippen molar-refractivity contribution in [1.82, 2.24) is 0 Å². The van der Waals surface area contributed by atoms with E-state index < -0.39 is 11.8 Å². The first kappa shape index (κ1) is 15.8. The second-order valence-electron chi connectivity index (χ2n) is 4.43. The molecule has 0 spiro atoms. The molecule has 0 amide bonds. The fourth-order valence-electron chi connectivity index (χ4n) is 1.76. The van der Waals surface area contributed by atoms with Crippen molar-refractivity contribution in [2.75, 3.05) is 0 Å². The minimum absolute atomic E-state index is 0.0104. The number of hydrogen-bond donors (Lipinski definition) is 1. The van der Waals surface area contributed by atoms with E-state index >= 15 is 0 Å². The number of hydrogen-bond acceptors (Lipinski definition) is 2. The largest absolute Gasteiger partial charge is 0.488 e. The molecule has 6 heteroatoms. The summed E-state index contributed by atoms with van der Waals surface area (Å²) in [6, 6.07) is 7.38. The lowest BCUT2D eigenvalue weighted by atomic mass is 10.1. The van der Waals surface area contributed by atoms with E-state index in [1.165, 1.54) is 18.2 Å². The molecule has 2 aromatic carbocycles. The Hall–Kier alpha value is -1.59. The molecule has 0 saturated carbocycles. The highest BCUT2D eigenvalue weighted by Gasteiger charge is 2.10. The van der Waals surface area contributed by atoms with Crippen LogP contribution in [-0.4, -0.2) is 11.1 Å². The number of aryl methyl sites for hydroxylation is 1. The van der Waals surface area contributed by atoms with Gasteiger partial charge in [0.2, 0.25) is 0 Å². The Morgan fingerprint density at radius 3 is 2.71 bits per heavy atom. The maximum atomic E-state index is 13.4. The van der Waals surface area contributed by atoms with E-state index in [1.807, 2.05) is 0 Å². The van der Waals surface area contributed by atoms with Gasteiger partial charge in [0.15, 0.2) is 0 Å². The SMILES string of the molecule is Cc1cc(C(=O)O)ccc1COc1cc(F)c(Cl)cc1Br. The van der Waals surface area contributed by atoms with Crippen LogP contribution in [0.5, 0.6) is 5.75 Å². The fraction of sp³-hybridized carbons (Fsp3) is 0.133. The number of benzene rings is 2. The van der Waals surface area contributed by atoms with Gasteiger partial charge in [0.1, 0.15) is 18.2 Å². The van der Waals surface area contributed by atoms with Crippen molar-refractivity contribution >= 4 is 33.5 Å². The molecule has 0 saturated heterocycles. The lowest BCUT2D eigenvalue weighted by Gasteiger charge is -2.11. The van der Waals surface area contributed by atoms with Gasteiger partial charge in [-0.1, -0.05) is 17.7 Å². The summed E-state index contributed by atoms with van der Waals surface area (Å²) in [4.78, 5) is 10.9. The Kier molecular flexibility index (Phi) is 4.85. The standard InChI is InChI=1S/C15H11BrClFO3/c1-8-4-9(15(19)20)2-3-10(8)7-21-14-6-13(18)12(17)5-11(14)16/h2-6H,7H2,1H3,(H,19,20). The predicted molar refractivity (Wildman–Crippen MR) is 81.6 cm³/mol. The second-order valence-corrected chi connectivity index (χ2v) is 5.69. The van der Waals surface area contributed by atoms with Crippen molar-refractivity contribution < 1.29 is 19.0 Å². The van der Waals surface area contributed by atoms with Crippen LogP contribution >= 0.6 is 27.5 Å². The zero-order valence-electron chi connectivity index (χ0n) is 11.0. The normalized spacial score (nSPS) is 10.5. The number of aromatic carboxylic acids is 1. The quantitative estimate of drug-likeness (QED) is 0.781. The van der Waals surface area contributed by atoms with Gasteiger partial charge < -0.3 is 9.84 Å². The van der Waals surface area contributed by atoms with E-state index in [0.29, 0.717) is 10.2 Å². The molecule has 2 rings (SSSR count). The highest BCUT2D eigenvalue weighted by Crippen LogP contribution is 2.31. The van der Waals surface area contributed by atoms with Crippen molar-refractivity contribution in [2.45, 2.75) is 13.5 Å². The molecule has 0 aliphatic carbocycles. The van der Waals surface area contributed by atoms with Gasteiger partial charge in [-0.15, -0.1) is 0 Å². The number of carboxylic acids is 1. The summed E-state index contributed by atoms with van der Waals surface area (Å²) < 4.78 is 19.5.